The molecule has 4 rings (SSSR count). The summed E-state index contributed by atoms with van der Waals surface area (Å²) in [5.41, 5.74) is -0.404. The highest BCUT2D eigenvalue weighted by molar-refractivity contribution is 7.81. The van der Waals surface area contributed by atoms with E-state index in [1.54, 1.807) is 6.92 Å². The summed E-state index contributed by atoms with van der Waals surface area (Å²) in [5, 5.41) is 15.1. The zero-order chi connectivity index (χ0) is 22.4. The molecule has 0 unspecified atom stereocenters. The predicted octanol–water partition coefficient (Wildman–Crippen LogP) is 4.88. The first-order valence-corrected chi connectivity index (χ1v) is 14.2. The van der Waals surface area contributed by atoms with E-state index < -0.39 is 26.8 Å². The van der Waals surface area contributed by atoms with E-state index in [0.717, 1.165) is 10.6 Å². The SMILES string of the molecule is C[C@H](O)[C@H](CP(c1ccccc1)c1ccccc1)P(=O)(c1ccccc1)c1ccccc1. The molecule has 2 atom stereocenters. The summed E-state index contributed by atoms with van der Waals surface area (Å²) in [4.78, 5) is 0. The molecular weight excluding hydrogens is 430 g/mol. The van der Waals surface area contributed by atoms with Crippen LogP contribution in [0.15, 0.2) is 121 Å². The Morgan fingerprint density at radius 3 is 1.34 bits per heavy atom. The molecule has 0 bridgehead atoms. The van der Waals surface area contributed by atoms with E-state index in [4.69, 9.17) is 0 Å². The van der Waals surface area contributed by atoms with Crippen molar-refractivity contribution in [2.75, 3.05) is 6.16 Å². The van der Waals surface area contributed by atoms with E-state index in [1.807, 2.05) is 72.8 Å². The third-order valence-electron chi connectivity index (χ3n) is 5.81. The molecule has 0 saturated heterocycles. The van der Waals surface area contributed by atoms with E-state index in [2.05, 4.69) is 48.5 Å². The number of aliphatic hydroxyl groups excluding tert-OH is 1. The minimum atomic E-state index is -3.12. The number of aliphatic hydroxyl groups is 1. The molecule has 32 heavy (non-hydrogen) atoms. The van der Waals surface area contributed by atoms with Crippen molar-refractivity contribution in [3.05, 3.63) is 121 Å². The zero-order valence-corrected chi connectivity index (χ0v) is 19.9. The predicted molar refractivity (Wildman–Crippen MR) is 139 cm³/mol. The Morgan fingerprint density at radius 2 is 1.00 bits per heavy atom. The van der Waals surface area contributed by atoms with Gasteiger partial charge in [-0.05, 0) is 31.6 Å². The van der Waals surface area contributed by atoms with Gasteiger partial charge in [0.25, 0.3) is 0 Å². The number of benzene rings is 4. The molecule has 4 heteroatoms. The fourth-order valence-electron chi connectivity index (χ4n) is 4.17. The van der Waals surface area contributed by atoms with Crippen molar-refractivity contribution in [1.29, 1.82) is 0 Å². The van der Waals surface area contributed by atoms with Crippen LogP contribution in [0, 0.1) is 0 Å². The molecule has 4 aromatic carbocycles. The van der Waals surface area contributed by atoms with Gasteiger partial charge in [0.15, 0.2) is 0 Å². The van der Waals surface area contributed by atoms with Crippen LogP contribution >= 0.6 is 15.1 Å². The number of rotatable bonds is 8. The van der Waals surface area contributed by atoms with Gasteiger partial charge in [0.1, 0.15) is 7.14 Å². The van der Waals surface area contributed by atoms with Crippen LogP contribution in [0.25, 0.3) is 0 Å². The van der Waals surface area contributed by atoms with Gasteiger partial charge < -0.3 is 9.67 Å². The van der Waals surface area contributed by atoms with Crippen molar-refractivity contribution in [3.63, 3.8) is 0 Å². The highest BCUT2D eigenvalue weighted by atomic mass is 31.2. The standard InChI is InChI=1S/C28H28O2P2/c1-23(29)28(22-31(24-14-6-2-7-15-24)25-16-8-3-9-17-25)32(30,26-18-10-4-11-19-26)27-20-12-5-13-21-27/h2-21,23,28-29H,22H2,1H3/t23-,28-/m0/s1. The molecule has 2 nitrogen and oxygen atoms in total. The molecule has 0 radical (unpaired) electrons. The first kappa shape index (κ1) is 22.7. The molecule has 0 fully saturated rings. The van der Waals surface area contributed by atoms with Crippen LogP contribution in [0.4, 0.5) is 0 Å². The van der Waals surface area contributed by atoms with Crippen molar-refractivity contribution in [2.45, 2.75) is 18.7 Å². The van der Waals surface area contributed by atoms with Gasteiger partial charge in [-0.25, -0.2) is 0 Å². The van der Waals surface area contributed by atoms with Crippen molar-refractivity contribution in [2.24, 2.45) is 0 Å². The monoisotopic (exact) mass is 458 g/mol. The third kappa shape index (κ3) is 4.79. The molecular formula is C28H28O2P2. The molecule has 1 N–H and O–H groups in total. The lowest BCUT2D eigenvalue weighted by atomic mass is 10.3. The van der Waals surface area contributed by atoms with Gasteiger partial charge in [-0.15, -0.1) is 0 Å². The van der Waals surface area contributed by atoms with Gasteiger partial charge in [0.2, 0.25) is 0 Å². The van der Waals surface area contributed by atoms with E-state index in [-0.39, 0.29) is 0 Å². The third-order valence-corrected chi connectivity index (χ3v) is 12.4. The van der Waals surface area contributed by atoms with E-state index in [9.17, 15) is 5.11 Å². The van der Waals surface area contributed by atoms with Gasteiger partial charge >= 0.3 is 0 Å². The molecule has 0 saturated carbocycles. The van der Waals surface area contributed by atoms with Crippen molar-refractivity contribution < 1.29 is 9.67 Å². The highest BCUT2D eigenvalue weighted by Gasteiger charge is 2.41. The molecule has 162 valence electrons. The normalized spacial score (nSPS) is 13.6. The first-order chi connectivity index (χ1) is 15.6. The summed E-state index contributed by atoms with van der Waals surface area (Å²) >= 11 is 0. The van der Waals surface area contributed by atoms with Crippen molar-refractivity contribution in [1.82, 2.24) is 0 Å². The maximum Gasteiger partial charge on any atom is 0.149 e. The zero-order valence-electron chi connectivity index (χ0n) is 18.2. The molecule has 4 aromatic rings. The summed E-state index contributed by atoms with van der Waals surface area (Å²) < 4.78 is 15.0. The van der Waals surface area contributed by atoms with Crippen LogP contribution in [0.5, 0.6) is 0 Å². The Hall–Kier alpha value is -2.50. The Bertz CT molecular complexity index is 1060. The van der Waals surface area contributed by atoms with E-state index >= 15 is 4.57 Å². The Morgan fingerprint density at radius 1 is 0.656 bits per heavy atom. The van der Waals surface area contributed by atoms with Crippen LogP contribution in [0.1, 0.15) is 6.92 Å². The lowest BCUT2D eigenvalue weighted by Crippen LogP contribution is -2.37. The highest BCUT2D eigenvalue weighted by Crippen LogP contribution is 2.54. The Balaban J connectivity index is 1.85. The average molecular weight is 458 g/mol. The fraction of sp³-hybridized carbons (Fsp3) is 0.143. The molecule has 0 aliphatic heterocycles. The van der Waals surface area contributed by atoms with Crippen LogP contribution in [0.3, 0.4) is 0 Å². The van der Waals surface area contributed by atoms with E-state index in [0.29, 0.717) is 6.16 Å². The molecule has 0 aliphatic rings. The Labute approximate surface area is 192 Å². The topological polar surface area (TPSA) is 37.3 Å². The van der Waals surface area contributed by atoms with Gasteiger partial charge in [-0.2, -0.15) is 0 Å². The van der Waals surface area contributed by atoms with E-state index in [1.165, 1.54) is 10.6 Å². The minimum Gasteiger partial charge on any atom is -0.393 e. The fourth-order valence-corrected chi connectivity index (χ4v) is 10.9. The smallest absolute Gasteiger partial charge is 0.149 e. The van der Waals surface area contributed by atoms with Crippen LogP contribution in [0.2, 0.25) is 0 Å². The van der Waals surface area contributed by atoms with Crippen LogP contribution < -0.4 is 21.2 Å². The first-order valence-electron chi connectivity index (χ1n) is 10.9. The number of hydrogen-bond donors (Lipinski definition) is 1. The minimum absolute atomic E-state index is 0.404. The lowest BCUT2D eigenvalue weighted by Gasteiger charge is -2.34. The second kappa shape index (κ2) is 10.4. The largest absolute Gasteiger partial charge is 0.393 e. The summed E-state index contributed by atoms with van der Waals surface area (Å²) in [6.45, 7) is 1.78. The van der Waals surface area contributed by atoms with Crippen molar-refractivity contribution >= 4 is 36.3 Å². The molecule has 0 heterocycles. The van der Waals surface area contributed by atoms with Crippen molar-refractivity contribution in [3.8, 4) is 0 Å². The lowest BCUT2D eigenvalue weighted by molar-refractivity contribution is 0.194. The van der Waals surface area contributed by atoms with Gasteiger partial charge in [0, 0.05) is 10.6 Å². The summed E-state index contributed by atoms with van der Waals surface area (Å²) in [6, 6.07) is 40.2. The molecule has 0 amide bonds. The quantitative estimate of drug-likeness (QED) is 0.382. The maximum absolute atomic E-state index is 15.0. The Kier molecular flexibility index (Phi) is 7.38. The molecule has 0 spiro atoms. The van der Waals surface area contributed by atoms with Gasteiger partial charge in [0.05, 0.1) is 11.8 Å². The van der Waals surface area contributed by atoms with Crippen LogP contribution in [-0.2, 0) is 4.57 Å². The second-order valence-corrected chi connectivity index (χ2v) is 13.2. The van der Waals surface area contributed by atoms with Gasteiger partial charge in [-0.3, -0.25) is 0 Å². The second-order valence-electron chi connectivity index (χ2n) is 7.92. The molecule has 0 aromatic heterocycles. The summed E-state index contributed by atoms with van der Waals surface area (Å²) in [5.74, 6) is 0. The average Bonchev–Trinajstić information content (AvgIpc) is 2.86. The maximum atomic E-state index is 15.0. The summed E-state index contributed by atoms with van der Waals surface area (Å²) in [6.07, 6.45) is -0.0825. The van der Waals surface area contributed by atoms with Crippen LogP contribution in [-0.4, -0.2) is 23.0 Å². The summed E-state index contributed by atoms with van der Waals surface area (Å²) in [7, 11) is -3.92. The molecule has 0 aliphatic carbocycles. The van der Waals surface area contributed by atoms with Gasteiger partial charge in [-0.1, -0.05) is 121 Å². The number of hydrogen-bond acceptors (Lipinski definition) is 2.